The van der Waals surface area contributed by atoms with Crippen LogP contribution in [0.2, 0.25) is 0 Å². The first-order valence-electron chi connectivity index (χ1n) is 6.78. The van der Waals surface area contributed by atoms with Gasteiger partial charge in [-0.2, -0.15) is 0 Å². The maximum absolute atomic E-state index is 11.9. The first-order valence-corrected chi connectivity index (χ1v) is 6.78. The predicted octanol–water partition coefficient (Wildman–Crippen LogP) is 1.40. The summed E-state index contributed by atoms with van der Waals surface area (Å²) < 4.78 is 5.15. The van der Waals surface area contributed by atoms with Gasteiger partial charge < -0.3 is 15.0 Å². The smallest absolute Gasteiger partial charge is 0.236 e. The number of rotatable bonds is 7. The van der Waals surface area contributed by atoms with Crippen molar-refractivity contribution >= 4 is 5.91 Å². The van der Waals surface area contributed by atoms with Crippen LogP contribution in [0.15, 0.2) is 0 Å². The van der Waals surface area contributed by atoms with E-state index in [0.29, 0.717) is 19.2 Å². The van der Waals surface area contributed by atoms with Crippen LogP contribution >= 0.6 is 0 Å². The second kappa shape index (κ2) is 8.48. The summed E-state index contributed by atoms with van der Waals surface area (Å²) in [6.45, 7) is 5.15. The minimum Gasteiger partial charge on any atom is -0.383 e. The average molecular weight is 242 g/mol. The topological polar surface area (TPSA) is 41.6 Å². The molecule has 0 radical (unpaired) electrons. The number of hydrogen-bond acceptors (Lipinski definition) is 3. The van der Waals surface area contributed by atoms with Gasteiger partial charge in [0.15, 0.2) is 0 Å². The Morgan fingerprint density at radius 1 is 1.35 bits per heavy atom. The van der Waals surface area contributed by atoms with E-state index in [0.717, 1.165) is 38.8 Å². The molecular formula is C13H26N2O2. The number of hydrogen-bond donors (Lipinski definition) is 1. The standard InChI is InChI=1S/C13H26N2O2/c1-3-7-12(11-17-2)14-10-13(16)15-8-5-4-6-9-15/h12,14H,3-11H2,1-2H3. The lowest BCUT2D eigenvalue weighted by molar-refractivity contribution is -0.131. The van der Waals surface area contributed by atoms with E-state index in [4.69, 9.17) is 4.74 Å². The number of carbonyl (C=O) groups excluding carboxylic acids is 1. The molecule has 0 aromatic carbocycles. The van der Waals surface area contributed by atoms with Gasteiger partial charge in [0.1, 0.15) is 0 Å². The third kappa shape index (κ3) is 5.50. The summed E-state index contributed by atoms with van der Waals surface area (Å²) in [6, 6.07) is 0.304. The molecule has 4 heteroatoms. The first-order chi connectivity index (χ1) is 8.27. The SMILES string of the molecule is CCCC(COC)NCC(=O)N1CCCCC1. The number of methoxy groups -OCH3 is 1. The molecule has 0 spiro atoms. The summed E-state index contributed by atoms with van der Waals surface area (Å²) in [4.78, 5) is 13.9. The summed E-state index contributed by atoms with van der Waals surface area (Å²) in [5.41, 5.74) is 0. The molecule has 100 valence electrons. The molecule has 1 N–H and O–H groups in total. The molecule has 1 atom stereocenters. The maximum Gasteiger partial charge on any atom is 0.236 e. The molecule has 0 aromatic rings. The molecule has 1 fully saturated rings. The van der Waals surface area contributed by atoms with Gasteiger partial charge in [0.2, 0.25) is 5.91 Å². The monoisotopic (exact) mass is 242 g/mol. The van der Waals surface area contributed by atoms with Gasteiger partial charge in [0, 0.05) is 26.2 Å². The van der Waals surface area contributed by atoms with Crippen LogP contribution in [0.3, 0.4) is 0 Å². The van der Waals surface area contributed by atoms with Crippen molar-refractivity contribution in [2.75, 3.05) is 33.4 Å². The third-order valence-electron chi connectivity index (χ3n) is 3.26. The van der Waals surface area contributed by atoms with Crippen molar-refractivity contribution in [1.29, 1.82) is 0 Å². The zero-order chi connectivity index (χ0) is 12.5. The zero-order valence-electron chi connectivity index (χ0n) is 11.2. The number of ether oxygens (including phenoxy) is 1. The quantitative estimate of drug-likeness (QED) is 0.734. The molecule has 4 nitrogen and oxygen atoms in total. The van der Waals surface area contributed by atoms with Gasteiger partial charge >= 0.3 is 0 Å². The van der Waals surface area contributed by atoms with Crippen molar-refractivity contribution < 1.29 is 9.53 Å². The lowest BCUT2D eigenvalue weighted by atomic mass is 10.1. The van der Waals surface area contributed by atoms with E-state index in [2.05, 4.69) is 12.2 Å². The van der Waals surface area contributed by atoms with Crippen LogP contribution < -0.4 is 5.32 Å². The van der Waals surface area contributed by atoms with E-state index in [-0.39, 0.29) is 5.91 Å². The molecule has 1 heterocycles. The van der Waals surface area contributed by atoms with Gasteiger partial charge in [-0.25, -0.2) is 0 Å². The third-order valence-corrected chi connectivity index (χ3v) is 3.26. The molecule has 1 aliphatic heterocycles. The number of nitrogens with zero attached hydrogens (tertiary/aromatic N) is 1. The Bertz CT molecular complexity index is 209. The van der Waals surface area contributed by atoms with Crippen molar-refractivity contribution in [3.05, 3.63) is 0 Å². The van der Waals surface area contributed by atoms with Crippen LogP contribution in [0.1, 0.15) is 39.0 Å². The summed E-state index contributed by atoms with van der Waals surface area (Å²) in [7, 11) is 1.71. The first kappa shape index (κ1) is 14.5. The van der Waals surface area contributed by atoms with Gasteiger partial charge in [0.05, 0.1) is 13.2 Å². The fourth-order valence-electron chi connectivity index (χ4n) is 2.28. The Morgan fingerprint density at radius 3 is 2.65 bits per heavy atom. The van der Waals surface area contributed by atoms with E-state index >= 15 is 0 Å². The highest BCUT2D eigenvalue weighted by molar-refractivity contribution is 5.78. The number of nitrogens with one attached hydrogen (secondary N) is 1. The Hall–Kier alpha value is -0.610. The van der Waals surface area contributed by atoms with E-state index < -0.39 is 0 Å². The second-order valence-electron chi connectivity index (χ2n) is 4.76. The molecule has 0 aromatic heterocycles. The molecular weight excluding hydrogens is 216 g/mol. The largest absolute Gasteiger partial charge is 0.383 e. The number of carbonyl (C=O) groups is 1. The molecule has 17 heavy (non-hydrogen) atoms. The highest BCUT2D eigenvalue weighted by atomic mass is 16.5. The Labute approximate surface area is 105 Å². The molecule has 0 bridgehead atoms. The van der Waals surface area contributed by atoms with Crippen LogP contribution in [0.4, 0.5) is 0 Å². The maximum atomic E-state index is 11.9. The summed E-state index contributed by atoms with van der Waals surface area (Å²) in [5.74, 6) is 0.238. The summed E-state index contributed by atoms with van der Waals surface area (Å²) in [6.07, 6.45) is 5.74. The second-order valence-corrected chi connectivity index (χ2v) is 4.76. The Kier molecular flexibility index (Phi) is 7.21. The van der Waals surface area contributed by atoms with Gasteiger partial charge in [-0.05, 0) is 25.7 Å². The van der Waals surface area contributed by atoms with Crippen molar-refractivity contribution in [2.24, 2.45) is 0 Å². The lowest BCUT2D eigenvalue weighted by Crippen LogP contribution is -2.44. The normalized spacial score (nSPS) is 18.1. The van der Waals surface area contributed by atoms with Crippen LogP contribution in [0, 0.1) is 0 Å². The van der Waals surface area contributed by atoms with Crippen LogP contribution in [0.5, 0.6) is 0 Å². The fourth-order valence-corrected chi connectivity index (χ4v) is 2.28. The molecule has 1 saturated heterocycles. The Morgan fingerprint density at radius 2 is 2.06 bits per heavy atom. The average Bonchev–Trinajstić information content (AvgIpc) is 2.37. The number of likely N-dealkylation sites (tertiary alicyclic amines) is 1. The summed E-state index contributed by atoms with van der Waals surface area (Å²) in [5, 5.41) is 3.30. The van der Waals surface area contributed by atoms with Crippen molar-refractivity contribution in [3.8, 4) is 0 Å². The van der Waals surface area contributed by atoms with E-state index in [1.54, 1.807) is 7.11 Å². The molecule has 1 unspecified atom stereocenters. The summed E-state index contributed by atoms with van der Waals surface area (Å²) >= 11 is 0. The van der Waals surface area contributed by atoms with Crippen LogP contribution in [0.25, 0.3) is 0 Å². The highest BCUT2D eigenvalue weighted by Gasteiger charge is 2.17. The minimum atomic E-state index is 0.238. The van der Waals surface area contributed by atoms with E-state index in [1.165, 1.54) is 6.42 Å². The fraction of sp³-hybridized carbons (Fsp3) is 0.923. The van der Waals surface area contributed by atoms with Crippen molar-refractivity contribution in [2.45, 2.75) is 45.1 Å². The van der Waals surface area contributed by atoms with Crippen molar-refractivity contribution in [3.63, 3.8) is 0 Å². The Balaban J connectivity index is 2.24. The molecule has 1 aliphatic rings. The molecule has 0 aliphatic carbocycles. The predicted molar refractivity (Wildman–Crippen MR) is 69.0 cm³/mol. The lowest BCUT2D eigenvalue weighted by Gasteiger charge is -2.27. The van der Waals surface area contributed by atoms with Gasteiger partial charge in [-0.3, -0.25) is 4.79 Å². The van der Waals surface area contributed by atoms with Crippen molar-refractivity contribution in [1.82, 2.24) is 10.2 Å². The number of piperidine rings is 1. The van der Waals surface area contributed by atoms with Crippen LogP contribution in [-0.4, -0.2) is 50.2 Å². The minimum absolute atomic E-state index is 0.238. The van der Waals surface area contributed by atoms with Crippen LogP contribution in [-0.2, 0) is 9.53 Å². The number of amides is 1. The molecule has 1 rings (SSSR count). The highest BCUT2D eigenvalue weighted by Crippen LogP contribution is 2.08. The molecule has 0 saturated carbocycles. The van der Waals surface area contributed by atoms with E-state index in [9.17, 15) is 4.79 Å². The van der Waals surface area contributed by atoms with Gasteiger partial charge in [-0.1, -0.05) is 13.3 Å². The van der Waals surface area contributed by atoms with Gasteiger partial charge in [-0.15, -0.1) is 0 Å². The van der Waals surface area contributed by atoms with E-state index in [1.807, 2.05) is 4.90 Å². The van der Waals surface area contributed by atoms with Gasteiger partial charge in [0.25, 0.3) is 0 Å². The molecule has 1 amide bonds. The zero-order valence-corrected chi connectivity index (χ0v) is 11.2.